The number of methoxy groups -OCH3 is 1. The van der Waals surface area contributed by atoms with Crippen LogP contribution in [0.2, 0.25) is 0 Å². The highest BCUT2D eigenvalue weighted by Gasteiger charge is 1.99. The molecule has 0 atom stereocenters. The maximum atomic E-state index is 11.4. The Labute approximate surface area is 122 Å². The molecule has 2 heterocycles. The molecule has 0 aliphatic rings. The molecule has 0 unspecified atom stereocenters. The first-order valence-corrected chi connectivity index (χ1v) is 6.53. The summed E-state index contributed by atoms with van der Waals surface area (Å²) in [6.45, 7) is 1.56. The molecule has 2 rings (SSSR count). The molecule has 0 aromatic carbocycles. The van der Waals surface area contributed by atoms with Gasteiger partial charge in [-0.3, -0.25) is 4.79 Å². The summed E-state index contributed by atoms with van der Waals surface area (Å²) in [7, 11) is 3.23. The Bertz CT molecular complexity index is 625. The Morgan fingerprint density at radius 2 is 2.14 bits per heavy atom. The van der Waals surface area contributed by atoms with Crippen LogP contribution in [0.3, 0.4) is 0 Å². The van der Waals surface area contributed by atoms with Gasteiger partial charge in [-0.05, 0) is 5.56 Å². The summed E-state index contributed by atoms with van der Waals surface area (Å²) in [6, 6.07) is 5.22. The van der Waals surface area contributed by atoms with Gasteiger partial charge in [0.05, 0.1) is 18.5 Å². The maximum Gasteiger partial charge on any atom is 0.268 e. The van der Waals surface area contributed by atoms with Crippen LogP contribution in [0.15, 0.2) is 35.4 Å². The van der Waals surface area contributed by atoms with Crippen molar-refractivity contribution in [1.29, 1.82) is 0 Å². The van der Waals surface area contributed by atoms with Crippen molar-refractivity contribution in [2.45, 2.75) is 6.54 Å². The van der Waals surface area contributed by atoms with Crippen LogP contribution in [0.5, 0.6) is 5.88 Å². The molecule has 112 valence electrons. The third kappa shape index (κ3) is 4.57. The standard InChI is InChI=1S/C14H18N4O3/c1-18-14(19)7-12(10-17-18)15-8-11-3-4-13(16-9-11)21-6-5-20-2/h3-4,7,9-10,15H,5-6,8H2,1-2H3. The van der Waals surface area contributed by atoms with E-state index in [1.807, 2.05) is 6.07 Å². The van der Waals surface area contributed by atoms with Crippen LogP contribution in [0.25, 0.3) is 0 Å². The van der Waals surface area contributed by atoms with E-state index in [2.05, 4.69) is 15.4 Å². The fourth-order valence-corrected chi connectivity index (χ4v) is 1.60. The van der Waals surface area contributed by atoms with Crippen LogP contribution >= 0.6 is 0 Å². The first kappa shape index (κ1) is 15.0. The van der Waals surface area contributed by atoms with E-state index in [4.69, 9.17) is 9.47 Å². The first-order chi connectivity index (χ1) is 10.2. The van der Waals surface area contributed by atoms with E-state index in [0.717, 1.165) is 5.56 Å². The maximum absolute atomic E-state index is 11.4. The highest BCUT2D eigenvalue weighted by atomic mass is 16.5. The predicted octanol–water partition coefficient (Wildman–Crippen LogP) is 0.813. The minimum Gasteiger partial charge on any atom is -0.475 e. The van der Waals surface area contributed by atoms with Gasteiger partial charge in [-0.15, -0.1) is 0 Å². The Morgan fingerprint density at radius 3 is 2.81 bits per heavy atom. The van der Waals surface area contributed by atoms with Crippen LogP contribution in [0, 0.1) is 0 Å². The summed E-state index contributed by atoms with van der Waals surface area (Å²) in [4.78, 5) is 15.6. The average molecular weight is 290 g/mol. The number of nitrogens with one attached hydrogen (secondary N) is 1. The van der Waals surface area contributed by atoms with E-state index in [1.54, 1.807) is 32.6 Å². The lowest BCUT2D eigenvalue weighted by molar-refractivity contribution is 0.143. The van der Waals surface area contributed by atoms with Gasteiger partial charge < -0.3 is 14.8 Å². The van der Waals surface area contributed by atoms with Crippen molar-refractivity contribution in [3.63, 3.8) is 0 Å². The fraction of sp³-hybridized carbons (Fsp3) is 0.357. The van der Waals surface area contributed by atoms with Gasteiger partial charge in [0, 0.05) is 39.0 Å². The van der Waals surface area contributed by atoms with Crippen LogP contribution in [0.1, 0.15) is 5.56 Å². The van der Waals surface area contributed by atoms with E-state index in [9.17, 15) is 4.79 Å². The van der Waals surface area contributed by atoms with Crippen molar-refractivity contribution < 1.29 is 9.47 Å². The van der Waals surface area contributed by atoms with Crippen molar-refractivity contribution in [1.82, 2.24) is 14.8 Å². The van der Waals surface area contributed by atoms with Crippen molar-refractivity contribution >= 4 is 5.69 Å². The van der Waals surface area contributed by atoms with E-state index >= 15 is 0 Å². The molecule has 2 aromatic rings. The number of hydrogen-bond donors (Lipinski definition) is 1. The smallest absolute Gasteiger partial charge is 0.268 e. The second-order valence-electron chi connectivity index (χ2n) is 4.41. The summed E-state index contributed by atoms with van der Waals surface area (Å²) >= 11 is 0. The summed E-state index contributed by atoms with van der Waals surface area (Å²) in [6.07, 6.45) is 3.33. The molecule has 0 spiro atoms. The Kier molecular flexibility index (Phi) is 5.28. The van der Waals surface area contributed by atoms with E-state index in [1.165, 1.54) is 10.7 Å². The number of hydrogen-bond acceptors (Lipinski definition) is 6. The molecule has 1 N–H and O–H groups in total. The van der Waals surface area contributed by atoms with Gasteiger partial charge in [0.15, 0.2) is 0 Å². The van der Waals surface area contributed by atoms with E-state index < -0.39 is 0 Å². The molecule has 7 heteroatoms. The lowest BCUT2D eigenvalue weighted by atomic mass is 10.3. The van der Waals surface area contributed by atoms with Gasteiger partial charge in [0.2, 0.25) is 5.88 Å². The first-order valence-electron chi connectivity index (χ1n) is 6.53. The highest BCUT2D eigenvalue weighted by molar-refractivity contribution is 5.39. The van der Waals surface area contributed by atoms with Crippen LogP contribution in [-0.2, 0) is 18.3 Å². The molecule has 0 aliphatic heterocycles. The van der Waals surface area contributed by atoms with Gasteiger partial charge in [0.1, 0.15) is 6.61 Å². The molecular weight excluding hydrogens is 272 g/mol. The monoisotopic (exact) mass is 290 g/mol. The van der Waals surface area contributed by atoms with Gasteiger partial charge in [-0.25, -0.2) is 9.67 Å². The number of nitrogens with zero attached hydrogens (tertiary/aromatic N) is 3. The summed E-state index contributed by atoms with van der Waals surface area (Å²) < 4.78 is 11.6. The van der Waals surface area contributed by atoms with Crippen molar-refractivity contribution in [3.05, 3.63) is 46.5 Å². The van der Waals surface area contributed by atoms with Crippen molar-refractivity contribution in [2.24, 2.45) is 7.05 Å². The van der Waals surface area contributed by atoms with Gasteiger partial charge >= 0.3 is 0 Å². The largest absolute Gasteiger partial charge is 0.475 e. The summed E-state index contributed by atoms with van der Waals surface area (Å²) in [5, 5.41) is 7.07. The quantitative estimate of drug-likeness (QED) is 0.760. The van der Waals surface area contributed by atoms with Gasteiger partial charge in [0.25, 0.3) is 5.56 Å². The number of rotatable bonds is 7. The second kappa shape index (κ2) is 7.39. The minimum atomic E-state index is -0.153. The van der Waals surface area contributed by atoms with Gasteiger partial charge in [-0.2, -0.15) is 5.10 Å². The predicted molar refractivity (Wildman–Crippen MR) is 78.4 cm³/mol. The Balaban J connectivity index is 1.88. The molecule has 0 radical (unpaired) electrons. The lowest BCUT2D eigenvalue weighted by Gasteiger charge is -2.08. The Hall–Kier alpha value is -2.41. The van der Waals surface area contributed by atoms with Crippen molar-refractivity contribution in [2.75, 3.05) is 25.6 Å². The number of aromatic nitrogens is 3. The molecule has 0 aliphatic carbocycles. The number of pyridine rings is 1. The SMILES string of the molecule is COCCOc1ccc(CNc2cnn(C)c(=O)c2)cn1. The third-order valence-electron chi connectivity index (χ3n) is 2.80. The second-order valence-corrected chi connectivity index (χ2v) is 4.41. The molecule has 0 fully saturated rings. The topological polar surface area (TPSA) is 78.3 Å². The minimum absolute atomic E-state index is 0.153. The molecule has 0 amide bonds. The molecule has 0 bridgehead atoms. The molecule has 0 saturated heterocycles. The normalized spacial score (nSPS) is 10.4. The number of anilines is 1. The van der Waals surface area contributed by atoms with Gasteiger partial charge in [-0.1, -0.05) is 6.07 Å². The van der Waals surface area contributed by atoms with Crippen LogP contribution < -0.4 is 15.6 Å². The van der Waals surface area contributed by atoms with Crippen molar-refractivity contribution in [3.8, 4) is 5.88 Å². The average Bonchev–Trinajstić information content (AvgIpc) is 2.50. The van der Waals surface area contributed by atoms with E-state index in [0.29, 0.717) is 31.3 Å². The van der Waals surface area contributed by atoms with E-state index in [-0.39, 0.29) is 5.56 Å². The Morgan fingerprint density at radius 1 is 1.29 bits per heavy atom. The zero-order chi connectivity index (χ0) is 15.1. The summed E-state index contributed by atoms with van der Waals surface area (Å²) in [5.74, 6) is 0.561. The highest BCUT2D eigenvalue weighted by Crippen LogP contribution is 2.09. The molecule has 2 aromatic heterocycles. The lowest BCUT2D eigenvalue weighted by Crippen LogP contribution is -2.18. The molecule has 21 heavy (non-hydrogen) atoms. The zero-order valence-electron chi connectivity index (χ0n) is 12.1. The molecule has 7 nitrogen and oxygen atoms in total. The number of ether oxygens (including phenoxy) is 2. The third-order valence-corrected chi connectivity index (χ3v) is 2.80. The van der Waals surface area contributed by atoms with Crippen LogP contribution in [-0.4, -0.2) is 35.1 Å². The fourth-order valence-electron chi connectivity index (χ4n) is 1.60. The zero-order valence-corrected chi connectivity index (χ0v) is 12.1. The van der Waals surface area contributed by atoms with Crippen LogP contribution in [0.4, 0.5) is 5.69 Å². The molecular formula is C14H18N4O3. The summed E-state index contributed by atoms with van der Waals surface area (Å²) in [5.41, 5.74) is 1.51. The number of aryl methyl sites for hydroxylation is 1. The molecule has 0 saturated carbocycles.